The zero-order chi connectivity index (χ0) is 14.8. The molecule has 0 aliphatic heterocycles. The van der Waals surface area contributed by atoms with E-state index in [1.165, 1.54) is 24.3 Å². The summed E-state index contributed by atoms with van der Waals surface area (Å²) in [6.45, 7) is 0. The average molecular weight is 283 g/mol. The average Bonchev–Trinajstić information content (AvgIpc) is 2.34. The number of benzene rings is 2. The molecule has 0 saturated carbocycles. The summed E-state index contributed by atoms with van der Waals surface area (Å²) in [5.74, 6) is -0.324. The summed E-state index contributed by atoms with van der Waals surface area (Å²) in [7, 11) is 0. The van der Waals surface area contributed by atoms with Crippen molar-refractivity contribution in [3.05, 3.63) is 42.5 Å². The molecular weight excluding hydrogens is 271 g/mol. The van der Waals surface area contributed by atoms with E-state index >= 15 is 0 Å². The highest BCUT2D eigenvalue weighted by molar-refractivity contribution is 5.74. The molecule has 20 heavy (non-hydrogen) atoms. The highest BCUT2D eigenvalue weighted by atomic mass is 19.4. The van der Waals surface area contributed by atoms with E-state index in [0.29, 0.717) is 17.1 Å². The normalized spacial score (nSPS) is 11.2. The Morgan fingerprint density at radius 3 is 2.30 bits per heavy atom. The second-order valence-electron chi connectivity index (χ2n) is 4.01. The van der Waals surface area contributed by atoms with Crippen LogP contribution in [-0.4, -0.2) is 6.36 Å². The first-order chi connectivity index (χ1) is 9.35. The minimum atomic E-state index is -4.75. The fourth-order valence-electron chi connectivity index (χ4n) is 1.59. The minimum absolute atomic E-state index is 0.175. The highest BCUT2D eigenvalue weighted by Gasteiger charge is 2.32. The number of halogens is 3. The number of rotatable bonds is 3. The van der Waals surface area contributed by atoms with Gasteiger partial charge in [-0.2, -0.15) is 0 Å². The molecule has 0 aliphatic rings. The molecule has 0 spiro atoms. The molecule has 2 aromatic carbocycles. The molecule has 0 amide bonds. The van der Waals surface area contributed by atoms with E-state index in [-0.39, 0.29) is 11.4 Å². The molecular formula is C13H12F3N3O. The van der Waals surface area contributed by atoms with Crippen LogP contribution in [-0.2, 0) is 0 Å². The van der Waals surface area contributed by atoms with E-state index in [0.717, 1.165) is 0 Å². The standard InChI is InChI=1S/C13H12F3N3O/c14-13(15,16)20-12-4-2-1-3-11(12)19-8-5-6-9(17)10(18)7-8/h1-7,19H,17-18H2. The molecule has 5 N–H and O–H groups in total. The lowest BCUT2D eigenvalue weighted by Gasteiger charge is -2.15. The molecule has 0 heterocycles. The van der Waals surface area contributed by atoms with Crippen molar-refractivity contribution in [2.45, 2.75) is 6.36 Å². The summed E-state index contributed by atoms with van der Waals surface area (Å²) in [5, 5.41) is 2.80. The molecule has 0 atom stereocenters. The fraction of sp³-hybridized carbons (Fsp3) is 0.0769. The van der Waals surface area contributed by atoms with E-state index in [4.69, 9.17) is 11.5 Å². The largest absolute Gasteiger partial charge is 0.573 e. The number of hydrogen-bond donors (Lipinski definition) is 3. The summed E-state index contributed by atoms with van der Waals surface area (Å²) in [6, 6.07) is 10.4. The monoisotopic (exact) mass is 283 g/mol. The lowest BCUT2D eigenvalue weighted by molar-refractivity contribution is -0.274. The van der Waals surface area contributed by atoms with E-state index in [9.17, 15) is 13.2 Å². The Bertz CT molecular complexity index is 614. The molecule has 2 rings (SSSR count). The number of ether oxygens (including phenoxy) is 1. The van der Waals surface area contributed by atoms with Crippen molar-refractivity contribution >= 4 is 22.7 Å². The number of para-hydroxylation sites is 2. The summed E-state index contributed by atoms with van der Waals surface area (Å²) < 4.78 is 40.8. The van der Waals surface area contributed by atoms with Gasteiger partial charge in [0.15, 0.2) is 5.75 Å². The number of hydrogen-bond acceptors (Lipinski definition) is 4. The second kappa shape index (κ2) is 5.20. The molecule has 106 valence electrons. The number of anilines is 4. The summed E-state index contributed by atoms with van der Waals surface area (Å²) >= 11 is 0. The van der Waals surface area contributed by atoms with E-state index in [2.05, 4.69) is 10.1 Å². The predicted molar refractivity (Wildman–Crippen MR) is 71.7 cm³/mol. The molecule has 2 aromatic rings. The van der Waals surface area contributed by atoms with Crippen LogP contribution in [0.1, 0.15) is 0 Å². The summed E-state index contributed by atoms with van der Waals surface area (Å²) in [6.07, 6.45) is -4.75. The fourth-order valence-corrected chi connectivity index (χ4v) is 1.59. The third-order valence-corrected chi connectivity index (χ3v) is 2.48. The lowest BCUT2D eigenvalue weighted by Crippen LogP contribution is -2.17. The molecule has 0 aliphatic carbocycles. The van der Waals surface area contributed by atoms with Crippen LogP contribution in [0, 0.1) is 0 Å². The SMILES string of the molecule is Nc1ccc(Nc2ccccc2OC(F)(F)F)cc1N. The maximum Gasteiger partial charge on any atom is 0.573 e. The van der Waals surface area contributed by atoms with Gasteiger partial charge in [-0.05, 0) is 30.3 Å². The van der Waals surface area contributed by atoms with Gasteiger partial charge < -0.3 is 21.5 Å². The number of nitrogens with one attached hydrogen (secondary N) is 1. The zero-order valence-corrected chi connectivity index (χ0v) is 10.2. The molecule has 0 unspecified atom stereocenters. The number of nitrogen functional groups attached to an aromatic ring is 2. The molecule has 0 radical (unpaired) electrons. The van der Waals surface area contributed by atoms with E-state index < -0.39 is 6.36 Å². The Balaban J connectivity index is 2.27. The Hall–Kier alpha value is -2.57. The lowest BCUT2D eigenvalue weighted by atomic mass is 10.2. The van der Waals surface area contributed by atoms with E-state index in [1.54, 1.807) is 18.2 Å². The Morgan fingerprint density at radius 1 is 0.950 bits per heavy atom. The molecule has 4 nitrogen and oxygen atoms in total. The Morgan fingerprint density at radius 2 is 1.65 bits per heavy atom. The van der Waals surface area contributed by atoms with Crippen molar-refractivity contribution in [3.63, 3.8) is 0 Å². The topological polar surface area (TPSA) is 73.3 Å². The van der Waals surface area contributed by atoms with Crippen LogP contribution in [0.4, 0.5) is 35.9 Å². The predicted octanol–water partition coefficient (Wildman–Crippen LogP) is 3.49. The maximum absolute atomic E-state index is 12.3. The van der Waals surface area contributed by atoms with Gasteiger partial charge in [-0.15, -0.1) is 13.2 Å². The summed E-state index contributed by atoms with van der Waals surface area (Å²) in [5.41, 5.74) is 12.6. The van der Waals surface area contributed by atoms with Gasteiger partial charge in [-0.1, -0.05) is 12.1 Å². The van der Waals surface area contributed by atoms with Gasteiger partial charge in [-0.3, -0.25) is 0 Å². The molecule has 0 fully saturated rings. The van der Waals surface area contributed by atoms with Crippen molar-refractivity contribution in [1.29, 1.82) is 0 Å². The van der Waals surface area contributed by atoms with E-state index in [1.807, 2.05) is 0 Å². The van der Waals surface area contributed by atoms with Crippen LogP contribution in [0.5, 0.6) is 5.75 Å². The van der Waals surface area contributed by atoms with Crippen molar-refractivity contribution in [1.82, 2.24) is 0 Å². The van der Waals surface area contributed by atoms with Gasteiger partial charge in [0.25, 0.3) is 0 Å². The van der Waals surface area contributed by atoms with Crippen LogP contribution in [0.2, 0.25) is 0 Å². The first kappa shape index (κ1) is 13.9. The van der Waals surface area contributed by atoms with Gasteiger partial charge >= 0.3 is 6.36 Å². The van der Waals surface area contributed by atoms with Crippen molar-refractivity contribution in [3.8, 4) is 5.75 Å². The van der Waals surface area contributed by atoms with Crippen LogP contribution in [0.15, 0.2) is 42.5 Å². The molecule has 0 aromatic heterocycles. The molecule has 7 heteroatoms. The van der Waals surface area contributed by atoms with Gasteiger partial charge in [0, 0.05) is 5.69 Å². The van der Waals surface area contributed by atoms with Crippen molar-refractivity contribution in [2.24, 2.45) is 0 Å². The third kappa shape index (κ3) is 3.47. The minimum Gasteiger partial charge on any atom is -0.404 e. The van der Waals surface area contributed by atoms with Crippen LogP contribution in [0.3, 0.4) is 0 Å². The quantitative estimate of drug-likeness (QED) is 0.754. The smallest absolute Gasteiger partial charge is 0.404 e. The number of nitrogens with two attached hydrogens (primary N) is 2. The highest BCUT2D eigenvalue weighted by Crippen LogP contribution is 2.32. The molecule has 0 saturated heterocycles. The second-order valence-corrected chi connectivity index (χ2v) is 4.01. The van der Waals surface area contributed by atoms with Crippen LogP contribution in [0.25, 0.3) is 0 Å². The Labute approximate surface area is 113 Å². The van der Waals surface area contributed by atoms with Crippen LogP contribution < -0.4 is 21.5 Å². The van der Waals surface area contributed by atoms with Crippen molar-refractivity contribution in [2.75, 3.05) is 16.8 Å². The van der Waals surface area contributed by atoms with Crippen molar-refractivity contribution < 1.29 is 17.9 Å². The number of alkyl halides is 3. The zero-order valence-electron chi connectivity index (χ0n) is 10.2. The van der Waals surface area contributed by atoms with Gasteiger partial charge in [0.2, 0.25) is 0 Å². The third-order valence-electron chi connectivity index (χ3n) is 2.48. The van der Waals surface area contributed by atoms with Gasteiger partial charge in [0.05, 0.1) is 17.1 Å². The summed E-state index contributed by atoms with van der Waals surface area (Å²) in [4.78, 5) is 0. The molecule has 0 bridgehead atoms. The van der Waals surface area contributed by atoms with Gasteiger partial charge in [0.1, 0.15) is 0 Å². The van der Waals surface area contributed by atoms with Gasteiger partial charge in [-0.25, -0.2) is 0 Å². The maximum atomic E-state index is 12.3. The first-order valence-corrected chi connectivity index (χ1v) is 5.62. The Kier molecular flexibility index (Phi) is 3.60. The first-order valence-electron chi connectivity index (χ1n) is 5.62. The van der Waals surface area contributed by atoms with Crippen LogP contribution >= 0.6 is 0 Å².